The Morgan fingerprint density at radius 3 is 2.75 bits per heavy atom. The number of anilines is 1. The molecule has 0 spiro atoms. The Balaban J connectivity index is 2.11. The number of hydrogen-bond donors (Lipinski definition) is 2. The van der Waals surface area contributed by atoms with Gasteiger partial charge in [0, 0.05) is 18.7 Å². The monoisotopic (exact) mass is 275 g/mol. The van der Waals surface area contributed by atoms with Gasteiger partial charge in [-0.05, 0) is 17.3 Å². The van der Waals surface area contributed by atoms with Crippen LogP contribution in [0.3, 0.4) is 0 Å². The zero-order valence-electron chi connectivity index (χ0n) is 11.2. The number of nitrogens with zero attached hydrogens (tertiary/aromatic N) is 6. The van der Waals surface area contributed by atoms with Gasteiger partial charge in [0.15, 0.2) is 5.82 Å². The van der Waals surface area contributed by atoms with Gasteiger partial charge in [0.25, 0.3) is 0 Å². The van der Waals surface area contributed by atoms with Crippen LogP contribution in [0.2, 0.25) is 0 Å². The highest BCUT2D eigenvalue weighted by molar-refractivity contribution is 5.80. The van der Waals surface area contributed by atoms with Crippen LogP contribution in [-0.2, 0) is 13.6 Å². The minimum absolute atomic E-state index is 0.193. The predicted molar refractivity (Wildman–Crippen MR) is 74.3 cm³/mol. The smallest absolute Gasteiger partial charge is 0.193 e. The summed E-state index contributed by atoms with van der Waals surface area (Å²) in [6.45, 7) is 1.11. The summed E-state index contributed by atoms with van der Waals surface area (Å²) in [4.78, 5) is 3.47. The molecule has 0 radical (unpaired) electrons. The van der Waals surface area contributed by atoms with Gasteiger partial charge in [-0.15, -0.1) is 10.2 Å². The fourth-order valence-electron chi connectivity index (χ4n) is 1.80. The molecular formula is C12H17N7O. The molecule has 2 rings (SSSR count). The van der Waals surface area contributed by atoms with Gasteiger partial charge < -0.3 is 15.8 Å². The lowest BCUT2D eigenvalue weighted by Gasteiger charge is -2.22. The van der Waals surface area contributed by atoms with Crippen LogP contribution >= 0.6 is 0 Å². The molecule has 8 nitrogen and oxygen atoms in total. The molecule has 0 saturated heterocycles. The van der Waals surface area contributed by atoms with E-state index in [0.29, 0.717) is 25.3 Å². The van der Waals surface area contributed by atoms with Gasteiger partial charge in [-0.2, -0.15) is 4.80 Å². The molecule has 0 aliphatic carbocycles. The second-order valence-corrected chi connectivity index (χ2v) is 4.29. The molecule has 8 heteroatoms. The van der Waals surface area contributed by atoms with Gasteiger partial charge in [0.05, 0.1) is 13.6 Å². The SMILES string of the molecule is Cn1nnc(CN(CC/C(N)=N/O)c2ccccc2)n1. The number of benzene rings is 1. The van der Waals surface area contributed by atoms with Gasteiger partial charge in [-0.1, -0.05) is 23.4 Å². The average Bonchev–Trinajstić information content (AvgIpc) is 2.89. The first-order chi connectivity index (χ1) is 9.69. The van der Waals surface area contributed by atoms with Crippen molar-refractivity contribution in [2.24, 2.45) is 17.9 Å². The molecule has 20 heavy (non-hydrogen) atoms. The Morgan fingerprint density at radius 2 is 2.15 bits per heavy atom. The summed E-state index contributed by atoms with van der Waals surface area (Å²) in [5, 5.41) is 23.6. The fraction of sp³-hybridized carbons (Fsp3) is 0.333. The molecule has 3 N–H and O–H groups in total. The third-order valence-electron chi connectivity index (χ3n) is 2.77. The number of oxime groups is 1. The van der Waals surface area contributed by atoms with Crippen molar-refractivity contribution < 1.29 is 5.21 Å². The van der Waals surface area contributed by atoms with Gasteiger partial charge in [0.2, 0.25) is 0 Å². The predicted octanol–water partition coefficient (Wildman–Crippen LogP) is 0.353. The maximum Gasteiger partial charge on any atom is 0.193 e. The minimum atomic E-state index is 0.193. The lowest BCUT2D eigenvalue weighted by molar-refractivity contribution is 0.317. The average molecular weight is 275 g/mol. The number of nitrogens with two attached hydrogens (primary N) is 1. The fourth-order valence-corrected chi connectivity index (χ4v) is 1.80. The molecule has 106 valence electrons. The van der Waals surface area contributed by atoms with Gasteiger partial charge >= 0.3 is 0 Å². The molecule has 1 aromatic carbocycles. The Bertz CT molecular complexity index is 566. The van der Waals surface area contributed by atoms with Crippen LogP contribution < -0.4 is 10.6 Å². The van der Waals surface area contributed by atoms with E-state index in [-0.39, 0.29) is 5.84 Å². The van der Waals surface area contributed by atoms with Crippen LogP contribution in [0.5, 0.6) is 0 Å². The number of tetrazole rings is 1. The molecule has 0 bridgehead atoms. The van der Waals surface area contributed by atoms with Crippen molar-refractivity contribution in [3.63, 3.8) is 0 Å². The van der Waals surface area contributed by atoms with Crippen LogP contribution in [0, 0.1) is 0 Å². The van der Waals surface area contributed by atoms with E-state index in [4.69, 9.17) is 10.9 Å². The van der Waals surface area contributed by atoms with Crippen molar-refractivity contribution in [3.8, 4) is 0 Å². The summed E-state index contributed by atoms with van der Waals surface area (Å²) in [5.41, 5.74) is 6.54. The highest BCUT2D eigenvalue weighted by Gasteiger charge is 2.11. The number of amidine groups is 1. The summed E-state index contributed by atoms with van der Waals surface area (Å²) < 4.78 is 0. The van der Waals surface area contributed by atoms with E-state index in [9.17, 15) is 0 Å². The van der Waals surface area contributed by atoms with Gasteiger partial charge in [-0.3, -0.25) is 0 Å². The van der Waals surface area contributed by atoms with Gasteiger partial charge in [0.1, 0.15) is 5.84 Å². The Kier molecular flexibility index (Phi) is 4.48. The second-order valence-electron chi connectivity index (χ2n) is 4.29. The van der Waals surface area contributed by atoms with E-state index in [1.54, 1.807) is 7.05 Å². The molecule has 0 aliphatic heterocycles. The Morgan fingerprint density at radius 1 is 1.40 bits per heavy atom. The number of aromatic nitrogens is 4. The molecule has 0 atom stereocenters. The Hall–Kier alpha value is -2.64. The number of hydrogen-bond acceptors (Lipinski definition) is 6. The quantitative estimate of drug-likeness (QED) is 0.341. The van der Waals surface area contributed by atoms with E-state index in [1.807, 2.05) is 30.3 Å². The molecular weight excluding hydrogens is 258 g/mol. The van der Waals surface area contributed by atoms with Crippen LogP contribution in [-0.4, -0.2) is 37.8 Å². The summed E-state index contributed by atoms with van der Waals surface area (Å²) in [6, 6.07) is 9.84. The van der Waals surface area contributed by atoms with E-state index < -0.39 is 0 Å². The maximum absolute atomic E-state index is 8.62. The van der Waals surface area contributed by atoms with Crippen molar-refractivity contribution in [2.75, 3.05) is 11.4 Å². The number of aryl methyl sites for hydroxylation is 1. The van der Waals surface area contributed by atoms with Crippen LogP contribution in [0.1, 0.15) is 12.2 Å². The number of rotatable bonds is 6. The second kappa shape index (κ2) is 6.50. The summed E-state index contributed by atoms with van der Waals surface area (Å²) in [6.07, 6.45) is 0.450. The van der Waals surface area contributed by atoms with E-state index in [0.717, 1.165) is 5.69 Å². The van der Waals surface area contributed by atoms with E-state index >= 15 is 0 Å². The first kappa shape index (κ1) is 13.8. The first-order valence-corrected chi connectivity index (χ1v) is 6.18. The zero-order chi connectivity index (χ0) is 14.4. The van der Waals surface area contributed by atoms with Crippen molar-refractivity contribution in [1.29, 1.82) is 0 Å². The van der Waals surface area contributed by atoms with Crippen LogP contribution in [0.15, 0.2) is 35.5 Å². The van der Waals surface area contributed by atoms with Crippen molar-refractivity contribution in [1.82, 2.24) is 20.2 Å². The van der Waals surface area contributed by atoms with Crippen LogP contribution in [0.25, 0.3) is 0 Å². The highest BCUT2D eigenvalue weighted by atomic mass is 16.4. The molecule has 1 heterocycles. The third kappa shape index (κ3) is 3.67. The topological polar surface area (TPSA) is 105 Å². The van der Waals surface area contributed by atoms with E-state index in [2.05, 4.69) is 25.5 Å². The molecule has 0 aliphatic rings. The standard InChI is InChI=1S/C12H17N7O/c1-18-15-12(14-17-18)9-19(8-7-11(13)16-20)10-5-3-2-4-6-10/h2-6,20H,7-9H2,1H3,(H2,13,16). The number of para-hydroxylation sites is 1. The molecule has 2 aromatic rings. The molecule has 0 amide bonds. The highest BCUT2D eigenvalue weighted by Crippen LogP contribution is 2.15. The largest absolute Gasteiger partial charge is 0.409 e. The van der Waals surface area contributed by atoms with E-state index in [1.165, 1.54) is 4.80 Å². The summed E-state index contributed by atoms with van der Waals surface area (Å²) >= 11 is 0. The third-order valence-corrected chi connectivity index (χ3v) is 2.77. The zero-order valence-corrected chi connectivity index (χ0v) is 11.2. The summed E-state index contributed by atoms with van der Waals surface area (Å²) in [5.74, 6) is 0.814. The molecule has 1 aromatic heterocycles. The minimum Gasteiger partial charge on any atom is -0.409 e. The lowest BCUT2D eigenvalue weighted by Crippen LogP contribution is -2.28. The van der Waals surface area contributed by atoms with Crippen molar-refractivity contribution in [2.45, 2.75) is 13.0 Å². The molecule has 0 saturated carbocycles. The van der Waals surface area contributed by atoms with Crippen molar-refractivity contribution >= 4 is 11.5 Å². The van der Waals surface area contributed by atoms with Crippen molar-refractivity contribution in [3.05, 3.63) is 36.2 Å². The lowest BCUT2D eigenvalue weighted by atomic mass is 10.2. The van der Waals surface area contributed by atoms with Gasteiger partial charge in [-0.25, -0.2) is 0 Å². The Labute approximate surface area is 116 Å². The first-order valence-electron chi connectivity index (χ1n) is 6.18. The molecule has 0 fully saturated rings. The normalized spacial score (nSPS) is 11.6. The maximum atomic E-state index is 8.62. The van der Waals surface area contributed by atoms with Crippen LogP contribution in [0.4, 0.5) is 5.69 Å². The molecule has 0 unspecified atom stereocenters. The summed E-state index contributed by atoms with van der Waals surface area (Å²) in [7, 11) is 1.72.